The summed E-state index contributed by atoms with van der Waals surface area (Å²) in [6.45, 7) is 1.51. The molecule has 0 amide bonds. The third-order valence-corrected chi connectivity index (χ3v) is 2.32. The van der Waals surface area contributed by atoms with Crippen LogP contribution in [-0.2, 0) is 0 Å². The molecule has 0 aliphatic rings. The van der Waals surface area contributed by atoms with Crippen LogP contribution in [-0.4, -0.2) is 24.2 Å². The highest BCUT2D eigenvalue weighted by atomic mass is 19.4. The molecule has 0 aliphatic carbocycles. The lowest BCUT2D eigenvalue weighted by Crippen LogP contribution is -2.44. The summed E-state index contributed by atoms with van der Waals surface area (Å²) in [5.41, 5.74) is 0.439. The van der Waals surface area contributed by atoms with Gasteiger partial charge in [0.05, 0.1) is 0 Å². The predicted molar refractivity (Wildman–Crippen MR) is 51.6 cm³/mol. The van der Waals surface area contributed by atoms with Crippen LogP contribution in [0.25, 0.3) is 0 Å². The molecule has 0 aliphatic heterocycles. The number of alkyl halides is 3. The number of nitrogens with zero attached hydrogens (tertiary/aromatic N) is 1. The van der Waals surface area contributed by atoms with E-state index in [1.165, 1.54) is 20.2 Å². The van der Waals surface area contributed by atoms with Crippen molar-refractivity contribution in [2.75, 3.05) is 7.05 Å². The van der Waals surface area contributed by atoms with Crippen molar-refractivity contribution in [3.8, 4) is 0 Å². The summed E-state index contributed by atoms with van der Waals surface area (Å²) >= 11 is 0. The van der Waals surface area contributed by atoms with Crippen LogP contribution in [0.1, 0.15) is 18.5 Å². The minimum absolute atomic E-state index is 0.439. The van der Waals surface area contributed by atoms with Gasteiger partial charge in [0.2, 0.25) is 0 Å². The zero-order valence-electron chi connectivity index (χ0n) is 8.55. The van der Waals surface area contributed by atoms with Gasteiger partial charge in [0.15, 0.2) is 0 Å². The van der Waals surface area contributed by atoms with Crippen LogP contribution in [0, 0.1) is 0 Å². The first kappa shape index (κ1) is 12.0. The van der Waals surface area contributed by atoms with E-state index in [1.807, 2.05) is 0 Å². The quantitative estimate of drug-likeness (QED) is 0.842. The first-order chi connectivity index (χ1) is 6.96. The highest BCUT2D eigenvalue weighted by molar-refractivity contribution is 5.12. The molecular formula is C10H13F3N2. The lowest BCUT2D eigenvalue weighted by molar-refractivity contribution is -0.159. The van der Waals surface area contributed by atoms with E-state index in [0.717, 1.165) is 0 Å². The van der Waals surface area contributed by atoms with Crippen molar-refractivity contribution in [1.82, 2.24) is 10.3 Å². The third-order valence-electron chi connectivity index (χ3n) is 2.32. The van der Waals surface area contributed by atoms with Crippen molar-refractivity contribution in [2.45, 2.75) is 25.1 Å². The highest BCUT2D eigenvalue weighted by Crippen LogP contribution is 2.30. The maximum Gasteiger partial charge on any atom is 0.404 e. The van der Waals surface area contributed by atoms with E-state index in [9.17, 15) is 13.2 Å². The minimum Gasteiger partial charge on any atom is -0.309 e. The molecule has 0 aromatic carbocycles. The molecule has 1 aromatic heterocycles. The Morgan fingerprint density at radius 2 is 2.00 bits per heavy atom. The van der Waals surface area contributed by atoms with Gasteiger partial charge < -0.3 is 5.32 Å². The van der Waals surface area contributed by atoms with Crippen molar-refractivity contribution < 1.29 is 13.2 Å². The fraction of sp³-hybridized carbons (Fsp3) is 0.500. The van der Waals surface area contributed by atoms with Gasteiger partial charge in [0, 0.05) is 17.8 Å². The summed E-state index contributed by atoms with van der Waals surface area (Å²) in [4.78, 5) is 3.92. The summed E-state index contributed by atoms with van der Waals surface area (Å²) in [6, 6.07) is 3.40. The molecule has 0 saturated carbocycles. The molecular weight excluding hydrogens is 205 g/mol. The van der Waals surface area contributed by atoms with Gasteiger partial charge in [-0.3, -0.25) is 4.98 Å². The maximum absolute atomic E-state index is 12.6. The van der Waals surface area contributed by atoms with Gasteiger partial charge in [0.25, 0.3) is 0 Å². The van der Waals surface area contributed by atoms with Crippen molar-refractivity contribution in [2.24, 2.45) is 0 Å². The molecule has 5 heteroatoms. The number of hydrogen-bond acceptors (Lipinski definition) is 2. The SMILES string of the molecule is CNC(C(C)c1ccccn1)C(F)(F)F. The lowest BCUT2D eigenvalue weighted by atomic mass is 9.97. The molecule has 1 aromatic rings. The fourth-order valence-electron chi connectivity index (χ4n) is 1.51. The van der Waals surface area contributed by atoms with E-state index in [4.69, 9.17) is 0 Å². The number of hydrogen-bond donors (Lipinski definition) is 1. The molecule has 0 radical (unpaired) electrons. The van der Waals surface area contributed by atoms with Crippen molar-refractivity contribution in [3.05, 3.63) is 30.1 Å². The summed E-state index contributed by atoms with van der Waals surface area (Å²) in [6.07, 6.45) is -2.76. The second-order valence-corrected chi connectivity index (χ2v) is 3.35. The number of rotatable bonds is 3. The van der Waals surface area contributed by atoms with Crippen molar-refractivity contribution in [3.63, 3.8) is 0 Å². The summed E-state index contributed by atoms with van der Waals surface area (Å²) in [7, 11) is 1.30. The Labute approximate surface area is 86.5 Å². The monoisotopic (exact) mass is 218 g/mol. The van der Waals surface area contributed by atoms with E-state index in [2.05, 4.69) is 10.3 Å². The lowest BCUT2D eigenvalue weighted by Gasteiger charge is -2.25. The Kier molecular flexibility index (Phi) is 3.68. The first-order valence-corrected chi connectivity index (χ1v) is 4.61. The standard InChI is InChI=1S/C10H13F3N2/c1-7(8-5-3-4-6-15-8)9(14-2)10(11,12)13/h3-7,9,14H,1-2H3. The van der Waals surface area contributed by atoms with Crippen LogP contribution in [0.4, 0.5) is 13.2 Å². The number of nitrogens with one attached hydrogen (secondary N) is 1. The van der Waals surface area contributed by atoms with Gasteiger partial charge in [-0.2, -0.15) is 13.2 Å². The van der Waals surface area contributed by atoms with E-state index < -0.39 is 18.1 Å². The third kappa shape index (κ3) is 2.92. The van der Waals surface area contributed by atoms with Crippen LogP contribution < -0.4 is 5.32 Å². The molecule has 2 nitrogen and oxygen atoms in total. The molecule has 1 rings (SSSR count). The second kappa shape index (κ2) is 4.61. The summed E-state index contributed by atoms with van der Waals surface area (Å²) in [5.74, 6) is -0.698. The molecule has 15 heavy (non-hydrogen) atoms. The largest absolute Gasteiger partial charge is 0.404 e. The molecule has 0 spiro atoms. The molecule has 0 bridgehead atoms. The van der Waals surface area contributed by atoms with Gasteiger partial charge in [-0.05, 0) is 19.2 Å². The smallest absolute Gasteiger partial charge is 0.309 e. The zero-order chi connectivity index (χ0) is 11.5. The number of likely N-dealkylation sites (N-methyl/N-ethyl adjacent to an activating group) is 1. The predicted octanol–water partition coefficient (Wildman–Crippen LogP) is 2.34. The molecule has 1 N–H and O–H groups in total. The van der Waals surface area contributed by atoms with Crippen molar-refractivity contribution >= 4 is 0 Å². The van der Waals surface area contributed by atoms with Crippen LogP contribution in [0.3, 0.4) is 0 Å². The molecule has 0 fully saturated rings. The van der Waals surface area contributed by atoms with E-state index in [0.29, 0.717) is 5.69 Å². The minimum atomic E-state index is -4.26. The normalized spacial score (nSPS) is 16.1. The zero-order valence-corrected chi connectivity index (χ0v) is 8.55. The molecule has 84 valence electrons. The van der Waals surface area contributed by atoms with Crippen LogP contribution in [0.2, 0.25) is 0 Å². The van der Waals surface area contributed by atoms with E-state index >= 15 is 0 Å². The van der Waals surface area contributed by atoms with Gasteiger partial charge in [-0.15, -0.1) is 0 Å². The topological polar surface area (TPSA) is 24.9 Å². The number of halogens is 3. The van der Waals surface area contributed by atoms with Crippen LogP contribution in [0.15, 0.2) is 24.4 Å². The molecule has 0 saturated heterocycles. The molecule has 1 heterocycles. The van der Waals surface area contributed by atoms with E-state index in [1.54, 1.807) is 18.2 Å². The van der Waals surface area contributed by atoms with Crippen LogP contribution >= 0.6 is 0 Å². The van der Waals surface area contributed by atoms with E-state index in [-0.39, 0.29) is 0 Å². The highest BCUT2D eigenvalue weighted by Gasteiger charge is 2.42. The Hall–Kier alpha value is -1.10. The van der Waals surface area contributed by atoms with Gasteiger partial charge in [-0.1, -0.05) is 13.0 Å². The van der Waals surface area contributed by atoms with Gasteiger partial charge in [0.1, 0.15) is 6.04 Å². The van der Waals surface area contributed by atoms with Gasteiger partial charge in [-0.25, -0.2) is 0 Å². The Balaban J connectivity index is 2.88. The number of aromatic nitrogens is 1. The molecule has 2 unspecified atom stereocenters. The first-order valence-electron chi connectivity index (χ1n) is 4.61. The van der Waals surface area contributed by atoms with Gasteiger partial charge >= 0.3 is 6.18 Å². The average Bonchev–Trinajstić information content (AvgIpc) is 2.18. The molecule has 2 atom stereocenters. The Morgan fingerprint density at radius 3 is 2.40 bits per heavy atom. The average molecular weight is 218 g/mol. The van der Waals surface area contributed by atoms with Crippen molar-refractivity contribution in [1.29, 1.82) is 0 Å². The fourth-order valence-corrected chi connectivity index (χ4v) is 1.51. The Morgan fingerprint density at radius 1 is 1.33 bits per heavy atom. The number of pyridine rings is 1. The summed E-state index contributed by atoms with van der Waals surface area (Å²) in [5, 5.41) is 2.28. The van der Waals surface area contributed by atoms with Crippen LogP contribution in [0.5, 0.6) is 0 Å². The second-order valence-electron chi connectivity index (χ2n) is 3.35. The summed E-state index contributed by atoms with van der Waals surface area (Å²) < 4.78 is 37.7. The maximum atomic E-state index is 12.6. The Bertz CT molecular complexity index is 297.